The number of likely N-dealkylation sites (tertiary alicyclic amines) is 1. The molecule has 0 unspecified atom stereocenters. The minimum Gasteiger partial charge on any atom is -0.361 e. The molecule has 6 rings (SSSR count). The molecule has 4 heterocycles. The molecule has 4 atom stereocenters. The Morgan fingerprint density at radius 2 is 1.79 bits per heavy atom. The fourth-order valence-electron chi connectivity index (χ4n) is 6.29. The smallest absolute Gasteiger partial charge is 0.250 e. The number of carbonyl (C=O) groups excluding carboxylic acids is 3. The summed E-state index contributed by atoms with van der Waals surface area (Å²) in [5, 5.41) is 7.60. The highest BCUT2D eigenvalue weighted by Gasteiger charge is 2.71. The first kappa shape index (κ1) is 21.1. The number of fused-ring (bicyclic) bond motifs is 5. The average molecular weight is 457 g/mol. The molecule has 3 amide bonds. The van der Waals surface area contributed by atoms with E-state index in [9.17, 15) is 14.4 Å². The Hall–Kier alpha value is -3.45. The molecule has 7 nitrogen and oxygen atoms in total. The third-order valence-corrected chi connectivity index (χ3v) is 7.66. The summed E-state index contributed by atoms with van der Waals surface area (Å²) in [4.78, 5) is 46.0. The number of nitrogens with zero attached hydrogens (tertiary/aromatic N) is 1. The van der Waals surface area contributed by atoms with E-state index in [1.54, 1.807) is 0 Å². The number of anilines is 1. The molecule has 2 aromatic carbocycles. The van der Waals surface area contributed by atoms with Crippen LogP contribution in [0.4, 0.5) is 5.69 Å². The topological polar surface area (TPSA) is 94.3 Å². The fourth-order valence-corrected chi connectivity index (χ4v) is 6.29. The lowest BCUT2D eigenvalue weighted by atomic mass is 9.76. The van der Waals surface area contributed by atoms with Gasteiger partial charge in [-0.3, -0.25) is 24.6 Å². The summed E-state index contributed by atoms with van der Waals surface area (Å²) in [5.74, 6) is -2.16. The SMILES string of the molecule is Cc1ccc2c(c1)[C@]1(N[C@H](Cc3c[nH]c4ccccc34)[C@H]3C(=O)N(C(C)(C)C)C(=O)[C@H]31)C(=O)N2. The summed E-state index contributed by atoms with van der Waals surface area (Å²) >= 11 is 0. The van der Waals surface area contributed by atoms with Crippen LogP contribution in [-0.4, -0.2) is 39.2 Å². The average Bonchev–Trinajstić information content (AvgIpc) is 3.47. The Kier molecular flexibility index (Phi) is 4.22. The lowest BCUT2D eigenvalue weighted by Crippen LogP contribution is -2.56. The van der Waals surface area contributed by atoms with Crippen LogP contribution in [0.3, 0.4) is 0 Å². The maximum Gasteiger partial charge on any atom is 0.250 e. The highest BCUT2D eigenvalue weighted by atomic mass is 16.2. The van der Waals surface area contributed by atoms with Gasteiger partial charge in [-0.25, -0.2) is 0 Å². The van der Waals surface area contributed by atoms with E-state index in [0.717, 1.165) is 27.6 Å². The zero-order valence-corrected chi connectivity index (χ0v) is 19.7. The van der Waals surface area contributed by atoms with Crippen molar-refractivity contribution in [2.75, 3.05) is 5.32 Å². The molecule has 0 bridgehead atoms. The van der Waals surface area contributed by atoms with Crippen LogP contribution in [0.25, 0.3) is 10.9 Å². The van der Waals surface area contributed by atoms with E-state index in [0.29, 0.717) is 12.1 Å². The van der Waals surface area contributed by atoms with Gasteiger partial charge in [0.1, 0.15) is 5.54 Å². The van der Waals surface area contributed by atoms with E-state index in [-0.39, 0.29) is 23.8 Å². The molecule has 0 aliphatic carbocycles. The minimum absolute atomic E-state index is 0.203. The van der Waals surface area contributed by atoms with Crippen molar-refractivity contribution >= 4 is 34.3 Å². The summed E-state index contributed by atoms with van der Waals surface area (Å²) in [7, 11) is 0. The second kappa shape index (κ2) is 6.79. The normalized spacial score (nSPS) is 28.2. The van der Waals surface area contributed by atoms with Crippen LogP contribution in [0.1, 0.15) is 37.5 Å². The molecule has 3 aromatic rings. The number of hydrogen-bond donors (Lipinski definition) is 3. The maximum atomic E-state index is 13.9. The van der Waals surface area contributed by atoms with Crippen molar-refractivity contribution in [1.29, 1.82) is 0 Å². The Morgan fingerprint density at radius 1 is 1.03 bits per heavy atom. The van der Waals surface area contributed by atoms with Crippen LogP contribution >= 0.6 is 0 Å². The molecule has 3 aliphatic rings. The predicted octanol–water partition coefficient (Wildman–Crippen LogP) is 3.24. The predicted molar refractivity (Wildman–Crippen MR) is 129 cm³/mol. The zero-order chi connectivity index (χ0) is 24.0. The van der Waals surface area contributed by atoms with Gasteiger partial charge in [0.05, 0.1) is 11.8 Å². The molecule has 34 heavy (non-hydrogen) atoms. The van der Waals surface area contributed by atoms with Crippen molar-refractivity contribution < 1.29 is 14.4 Å². The van der Waals surface area contributed by atoms with Crippen molar-refractivity contribution in [1.82, 2.24) is 15.2 Å². The van der Waals surface area contributed by atoms with E-state index < -0.39 is 22.9 Å². The number of imide groups is 1. The van der Waals surface area contributed by atoms with Crippen molar-refractivity contribution in [3.63, 3.8) is 0 Å². The zero-order valence-electron chi connectivity index (χ0n) is 19.7. The number of rotatable bonds is 2. The van der Waals surface area contributed by atoms with Gasteiger partial charge in [-0.2, -0.15) is 0 Å². The summed E-state index contributed by atoms with van der Waals surface area (Å²) < 4.78 is 0. The van der Waals surface area contributed by atoms with E-state index in [4.69, 9.17) is 0 Å². The lowest BCUT2D eigenvalue weighted by Gasteiger charge is -2.34. The molecule has 0 saturated carbocycles. The van der Waals surface area contributed by atoms with Crippen LogP contribution < -0.4 is 10.6 Å². The van der Waals surface area contributed by atoms with Gasteiger partial charge in [-0.15, -0.1) is 0 Å². The van der Waals surface area contributed by atoms with E-state index in [1.807, 2.05) is 76.4 Å². The number of H-pyrrole nitrogens is 1. The summed E-state index contributed by atoms with van der Waals surface area (Å²) in [5.41, 5.74) is 2.59. The first-order valence-electron chi connectivity index (χ1n) is 11.8. The van der Waals surface area contributed by atoms with Crippen molar-refractivity contribution in [2.45, 2.75) is 51.2 Å². The molecule has 2 fully saturated rings. The lowest BCUT2D eigenvalue weighted by molar-refractivity contribution is -0.147. The number of carbonyl (C=O) groups is 3. The molecule has 2 saturated heterocycles. The van der Waals surface area contributed by atoms with Gasteiger partial charge in [0.25, 0.3) is 0 Å². The van der Waals surface area contributed by atoms with Gasteiger partial charge in [0, 0.05) is 39.9 Å². The van der Waals surface area contributed by atoms with Gasteiger partial charge in [-0.05, 0) is 51.8 Å². The summed E-state index contributed by atoms with van der Waals surface area (Å²) in [6.45, 7) is 7.57. The van der Waals surface area contributed by atoms with E-state index in [1.165, 1.54) is 4.90 Å². The number of nitrogens with one attached hydrogen (secondary N) is 3. The molecule has 3 N–H and O–H groups in total. The van der Waals surface area contributed by atoms with Gasteiger partial charge in [0.2, 0.25) is 17.7 Å². The quantitative estimate of drug-likeness (QED) is 0.516. The third-order valence-electron chi connectivity index (χ3n) is 7.66. The summed E-state index contributed by atoms with van der Waals surface area (Å²) in [6, 6.07) is 13.4. The largest absolute Gasteiger partial charge is 0.361 e. The van der Waals surface area contributed by atoms with Crippen LogP contribution in [0.2, 0.25) is 0 Å². The number of aryl methyl sites for hydroxylation is 1. The Morgan fingerprint density at radius 3 is 2.56 bits per heavy atom. The van der Waals surface area contributed by atoms with Crippen LogP contribution in [0, 0.1) is 18.8 Å². The number of amides is 3. The third kappa shape index (κ3) is 2.64. The Bertz CT molecular complexity index is 1380. The number of benzene rings is 2. The second-order valence-corrected chi connectivity index (χ2v) is 10.8. The van der Waals surface area contributed by atoms with Gasteiger partial charge < -0.3 is 10.3 Å². The molecule has 1 spiro atoms. The first-order chi connectivity index (χ1) is 16.1. The number of aromatic amines is 1. The second-order valence-electron chi connectivity index (χ2n) is 10.8. The molecular weight excluding hydrogens is 428 g/mol. The molecule has 3 aliphatic heterocycles. The van der Waals surface area contributed by atoms with Crippen molar-refractivity contribution in [3.05, 3.63) is 65.4 Å². The highest BCUT2D eigenvalue weighted by molar-refractivity contribution is 6.15. The van der Waals surface area contributed by atoms with Gasteiger partial charge in [-0.1, -0.05) is 35.9 Å². The Balaban J connectivity index is 1.51. The fraction of sp³-hybridized carbons (Fsp3) is 0.370. The first-order valence-corrected chi connectivity index (χ1v) is 11.8. The molecule has 0 radical (unpaired) electrons. The summed E-state index contributed by atoms with van der Waals surface area (Å²) in [6.07, 6.45) is 2.49. The van der Waals surface area contributed by atoms with Crippen molar-refractivity contribution in [2.24, 2.45) is 11.8 Å². The maximum absolute atomic E-state index is 13.9. The Labute approximate surface area is 197 Å². The van der Waals surface area contributed by atoms with Crippen LogP contribution in [0.5, 0.6) is 0 Å². The number of hydrogen-bond acceptors (Lipinski definition) is 4. The monoisotopic (exact) mass is 456 g/mol. The van der Waals surface area contributed by atoms with E-state index in [2.05, 4.69) is 15.6 Å². The minimum atomic E-state index is -1.27. The highest BCUT2D eigenvalue weighted by Crippen LogP contribution is 2.54. The van der Waals surface area contributed by atoms with E-state index >= 15 is 0 Å². The van der Waals surface area contributed by atoms with Crippen LogP contribution in [-0.2, 0) is 26.3 Å². The van der Waals surface area contributed by atoms with Crippen molar-refractivity contribution in [3.8, 4) is 0 Å². The molecule has 7 heteroatoms. The molecule has 1 aromatic heterocycles. The van der Waals surface area contributed by atoms with Gasteiger partial charge in [0.15, 0.2) is 0 Å². The standard InChI is InChI=1S/C27H28N4O3/c1-14-9-10-19-17(11-14)27(25(34)29-19)22-21(23(32)31(24(22)33)26(2,3)4)20(30-27)12-15-13-28-18-8-6-5-7-16(15)18/h5-11,13,20-22,28,30H,12H2,1-4H3,(H,29,34)/t20-,21-,22+,27-/m1/s1. The van der Waals surface area contributed by atoms with Crippen LogP contribution in [0.15, 0.2) is 48.7 Å². The molecular formula is C27H28N4O3. The molecule has 174 valence electrons. The number of aromatic nitrogens is 1. The number of para-hydroxylation sites is 1. The van der Waals surface area contributed by atoms with Gasteiger partial charge >= 0.3 is 0 Å².